The summed E-state index contributed by atoms with van der Waals surface area (Å²) in [6.45, 7) is 4.24. The first-order valence-electron chi connectivity index (χ1n) is 6.41. The van der Waals surface area contributed by atoms with Crippen LogP contribution in [0.4, 0.5) is 5.69 Å². The molecule has 19 heavy (non-hydrogen) atoms. The van der Waals surface area contributed by atoms with Crippen LogP contribution in [0.25, 0.3) is 0 Å². The lowest BCUT2D eigenvalue weighted by Gasteiger charge is -2.19. The van der Waals surface area contributed by atoms with Crippen LogP contribution < -0.4 is 5.32 Å². The van der Waals surface area contributed by atoms with Crippen molar-refractivity contribution in [1.29, 1.82) is 0 Å². The molecule has 0 aliphatic carbocycles. The van der Waals surface area contributed by atoms with Crippen molar-refractivity contribution >= 4 is 28.9 Å². The molecule has 1 nitrogen and oxygen atoms in total. The zero-order valence-electron chi connectivity index (χ0n) is 11.1. The molecule has 0 aliphatic heterocycles. The lowest BCUT2D eigenvalue weighted by atomic mass is 10.1. The highest BCUT2D eigenvalue weighted by Gasteiger charge is 2.11. The van der Waals surface area contributed by atoms with Crippen LogP contribution in [-0.4, -0.2) is 0 Å². The van der Waals surface area contributed by atoms with Crippen LogP contribution in [0.2, 0.25) is 10.0 Å². The fourth-order valence-electron chi connectivity index (χ4n) is 2.13. The minimum absolute atomic E-state index is 0.110. The van der Waals surface area contributed by atoms with Gasteiger partial charge in [0.15, 0.2) is 0 Å². The molecule has 0 aromatic heterocycles. The van der Waals surface area contributed by atoms with Crippen LogP contribution in [0.5, 0.6) is 0 Å². The molecular formula is C16H17Cl2N. The summed E-state index contributed by atoms with van der Waals surface area (Å²) in [6.07, 6.45) is 0.999. The SMILES string of the molecule is CCc1ccccc1NC(C)c1cc(Cl)ccc1Cl. The first kappa shape index (κ1) is 14.2. The number of halogens is 2. The van der Waals surface area contributed by atoms with Gasteiger partial charge in [-0.2, -0.15) is 0 Å². The lowest BCUT2D eigenvalue weighted by molar-refractivity contribution is 0.880. The Hall–Kier alpha value is -1.18. The first-order chi connectivity index (χ1) is 9.11. The third-order valence-corrected chi connectivity index (χ3v) is 3.77. The number of benzene rings is 2. The van der Waals surface area contributed by atoms with Gasteiger partial charge in [0.05, 0.1) is 6.04 Å². The number of para-hydroxylation sites is 1. The van der Waals surface area contributed by atoms with E-state index in [1.54, 1.807) is 6.07 Å². The smallest absolute Gasteiger partial charge is 0.0501 e. The Bertz CT molecular complexity index is 566. The standard InChI is InChI=1S/C16H17Cl2N/c1-3-12-6-4-5-7-16(12)19-11(2)14-10-13(17)8-9-15(14)18/h4-11,19H,3H2,1-2H3. The van der Waals surface area contributed by atoms with E-state index in [4.69, 9.17) is 23.2 Å². The van der Waals surface area contributed by atoms with E-state index in [0.717, 1.165) is 22.7 Å². The Labute approximate surface area is 124 Å². The number of aryl methyl sites for hydroxylation is 1. The molecule has 100 valence electrons. The van der Waals surface area contributed by atoms with E-state index in [-0.39, 0.29) is 6.04 Å². The molecule has 0 aliphatic rings. The molecule has 3 heteroatoms. The van der Waals surface area contributed by atoms with Crippen LogP contribution in [0.15, 0.2) is 42.5 Å². The van der Waals surface area contributed by atoms with Gasteiger partial charge in [-0.1, -0.05) is 48.3 Å². The Morgan fingerprint density at radius 2 is 1.84 bits per heavy atom. The van der Waals surface area contributed by atoms with Crippen molar-refractivity contribution in [2.45, 2.75) is 26.3 Å². The van der Waals surface area contributed by atoms with Crippen molar-refractivity contribution in [2.75, 3.05) is 5.32 Å². The summed E-state index contributed by atoms with van der Waals surface area (Å²) in [4.78, 5) is 0. The normalized spacial score (nSPS) is 12.2. The highest BCUT2D eigenvalue weighted by molar-refractivity contribution is 6.33. The van der Waals surface area contributed by atoms with E-state index in [0.29, 0.717) is 5.02 Å². The minimum atomic E-state index is 0.110. The minimum Gasteiger partial charge on any atom is -0.378 e. The van der Waals surface area contributed by atoms with E-state index >= 15 is 0 Å². The number of rotatable bonds is 4. The zero-order chi connectivity index (χ0) is 13.8. The molecule has 0 saturated carbocycles. The maximum absolute atomic E-state index is 6.23. The van der Waals surface area contributed by atoms with Crippen LogP contribution >= 0.6 is 23.2 Å². The van der Waals surface area contributed by atoms with Gasteiger partial charge in [0.25, 0.3) is 0 Å². The molecule has 1 unspecified atom stereocenters. The Morgan fingerprint density at radius 3 is 2.58 bits per heavy atom. The lowest BCUT2D eigenvalue weighted by Crippen LogP contribution is -2.08. The second-order valence-electron chi connectivity index (χ2n) is 4.54. The summed E-state index contributed by atoms with van der Waals surface area (Å²) in [5, 5.41) is 4.94. The van der Waals surface area contributed by atoms with Crippen LogP contribution in [0.3, 0.4) is 0 Å². The van der Waals surface area contributed by atoms with Crippen molar-refractivity contribution in [3.05, 3.63) is 63.6 Å². The molecule has 0 bridgehead atoms. The molecule has 0 fully saturated rings. The van der Waals surface area contributed by atoms with Crippen molar-refractivity contribution in [2.24, 2.45) is 0 Å². The summed E-state index contributed by atoms with van der Waals surface area (Å²) < 4.78 is 0. The number of nitrogens with one attached hydrogen (secondary N) is 1. The van der Waals surface area contributed by atoms with E-state index in [1.807, 2.05) is 18.2 Å². The molecule has 1 N–H and O–H groups in total. The Morgan fingerprint density at radius 1 is 1.11 bits per heavy atom. The van der Waals surface area contributed by atoms with Gasteiger partial charge in [0, 0.05) is 15.7 Å². The van der Waals surface area contributed by atoms with Crippen molar-refractivity contribution in [1.82, 2.24) is 0 Å². The summed E-state index contributed by atoms with van der Waals surface area (Å²) in [6, 6.07) is 14.0. The van der Waals surface area contributed by atoms with Gasteiger partial charge < -0.3 is 5.32 Å². The molecule has 0 heterocycles. The Balaban J connectivity index is 2.25. The second kappa shape index (κ2) is 6.31. The van der Waals surface area contributed by atoms with E-state index in [1.165, 1.54) is 5.56 Å². The highest BCUT2D eigenvalue weighted by Crippen LogP contribution is 2.29. The molecule has 0 radical (unpaired) electrons. The van der Waals surface area contributed by atoms with Gasteiger partial charge >= 0.3 is 0 Å². The number of hydrogen-bond acceptors (Lipinski definition) is 1. The first-order valence-corrected chi connectivity index (χ1v) is 7.16. The van der Waals surface area contributed by atoms with Gasteiger partial charge in [-0.15, -0.1) is 0 Å². The van der Waals surface area contributed by atoms with E-state index in [9.17, 15) is 0 Å². The van der Waals surface area contributed by atoms with Gasteiger partial charge in [0.1, 0.15) is 0 Å². The summed E-state index contributed by atoms with van der Waals surface area (Å²) in [7, 11) is 0. The van der Waals surface area contributed by atoms with Crippen molar-refractivity contribution in [3.63, 3.8) is 0 Å². The quantitative estimate of drug-likeness (QED) is 0.759. The molecular weight excluding hydrogens is 277 g/mol. The molecule has 2 aromatic rings. The number of anilines is 1. The van der Waals surface area contributed by atoms with E-state index in [2.05, 4.69) is 37.4 Å². The largest absolute Gasteiger partial charge is 0.378 e. The van der Waals surface area contributed by atoms with Gasteiger partial charge in [-0.25, -0.2) is 0 Å². The van der Waals surface area contributed by atoms with Crippen molar-refractivity contribution in [3.8, 4) is 0 Å². The van der Waals surface area contributed by atoms with Gasteiger partial charge in [0.2, 0.25) is 0 Å². The van der Waals surface area contributed by atoms with E-state index < -0.39 is 0 Å². The maximum Gasteiger partial charge on any atom is 0.0501 e. The maximum atomic E-state index is 6.23. The Kier molecular flexibility index (Phi) is 4.73. The predicted molar refractivity (Wildman–Crippen MR) is 84.3 cm³/mol. The van der Waals surface area contributed by atoms with Crippen LogP contribution in [0.1, 0.15) is 31.0 Å². The molecule has 0 saturated heterocycles. The fourth-order valence-corrected chi connectivity index (χ4v) is 2.59. The molecule has 0 amide bonds. The summed E-state index contributed by atoms with van der Waals surface area (Å²) in [5.74, 6) is 0. The fraction of sp³-hybridized carbons (Fsp3) is 0.250. The summed E-state index contributed by atoms with van der Waals surface area (Å²) in [5.41, 5.74) is 3.46. The third-order valence-electron chi connectivity index (χ3n) is 3.19. The average Bonchev–Trinajstić information content (AvgIpc) is 2.42. The summed E-state index contributed by atoms with van der Waals surface area (Å²) >= 11 is 12.3. The van der Waals surface area contributed by atoms with Gasteiger partial charge in [-0.05, 0) is 48.7 Å². The second-order valence-corrected chi connectivity index (χ2v) is 5.39. The average molecular weight is 294 g/mol. The monoisotopic (exact) mass is 293 g/mol. The topological polar surface area (TPSA) is 12.0 Å². The molecule has 0 spiro atoms. The van der Waals surface area contributed by atoms with Crippen molar-refractivity contribution < 1.29 is 0 Å². The van der Waals surface area contributed by atoms with Crippen LogP contribution in [-0.2, 0) is 6.42 Å². The zero-order valence-corrected chi connectivity index (χ0v) is 12.6. The molecule has 2 rings (SSSR count). The highest BCUT2D eigenvalue weighted by atomic mass is 35.5. The van der Waals surface area contributed by atoms with Crippen LogP contribution in [0, 0.1) is 0 Å². The number of hydrogen-bond donors (Lipinski definition) is 1. The predicted octanol–water partition coefficient (Wildman–Crippen LogP) is 5.73. The van der Waals surface area contributed by atoms with Gasteiger partial charge in [-0.3, -0.25) is 0 Å². The molecule has 2 aromatic carbocycles. The third kappa shape index (κ3) is 3.43. The molecule has 1 atom stereocenters.